The lowest BCUT2D eigenvalue weighted by molar-refractivity contribution is 0.153. The molecule has 0 saturated carbocycles. The molecule has 0 spiro atoms. The number of ether oxygens (including phenoxy) is 2. The fraction of sp³-hybridized carbons (Fsp3) is 0.333. The van der Waals surface area contributed by atoms with Crippen molar-refractivity contribution in [1.82, 2.24) is 0 Å². The van der Waals surface area contributed by atoms with E-state index in [0.29, 0.717) is 0 Å². The van der Waals surface area contributed by atoms with Crippen molar-refractivity contribution in [2.45, 2.75) is 31.9 Å². The molecule has 3 rings (SSSR count). The number of hydrogen-bond donors (Lipinski definition) is 1. The topological polar surface area (TPSA) is 44.5 Å². The quantitative estimate of drug-likeness (QED) is 0.939. The van der Waals surface area contributed by atoms with Crippen LogP contribution in [0.5, 0.6) is 11.5 Å². The van der Waals surface area contributed by atoms with E-state index in [4.69, 9.17) is 15.2 Å². The molecule has 110 valence electrons. The van der Waals surface area contributed by atoms with Gasteiger partial charge in [0.1, 0.15) is 17.6 Å². The normalized spacial score (nSPS) is 20.7. The highest BCUT2D eigenvalue weighted by Crippen LogP contribution is 2.33. The molecule has 0 saturated heterocycles. The van der Waals surface area contributed by atoms with Gasteiger partial charge in [-0.3, -0.25) is 0 Å². The van der Waals surface area contributed by atoms with Gasteiger partial charge in [-0.25, -0.2) is 0 Å². The van der Waals surface area contributed by atoms with Crippen LogP contribution in [0.15, 0.2) is 42.5 Å². The number of fused-ring (bicyclic) bond motifs is 1. The van der Waals surface area contributed by atoms with Crippen molar-refractivity contribution in [3.05, 3.63) is 59.2 Å². The molecule has 0 aromatic heterocycles. The van der Waals surface area contributed by atoms with E-state index in [9.17, 15) is 0 Å². The van der Waals surface area contributed by atoms with Gasteiger partial charge in [0.05, 0.1) is 13.2 Å². The number of benzene rings is 2. The molecule has 0 radical (unpaired) electrons. The molecule has 3 heteroatoms. The van der Waals surface area contributed by atoms with Crippen LogP contribution in [0, 0.1) is 6.92 Å². The zero-order chi connectivity index (χ0) is 14.8. The monoisotopic (exact) mass is 283 g/mol. The van der Waals surface area contributed by atoms with E-state index in [1.54, 1.807) is 7.11 Å². The Morgan fingerprint density at radius 3 is 2.71 bits per heavy atom. The Morgan fingerprint density at radius 1 is 1.10 bits per heavy atom. The molecule has 0 aliphatic heterocycles. The summed E-state index contributed by atoms with van der Waals surface area (Å²) in [4.78, 5) is 0. The van der Waals surface area contributed by atoms with Crippen LogP contribution in [0.25, 0.3) is 0 Å². The fourth-order valence-corrected chi connectivity index (χ4v) is 2.91. The van der Waals surface area contributed by atoms with Crippen LogP contribution in [0.1, 0.15) is 29.2 Å². The van der Waals surface area contributed by atoms with Crippen molar-refractivity contribution in [3.63, 3.8) is 0 Å². The van der Waals surface area contributed by atoms with Crippen LogP contribution in [0.4, 0.5) is 0 Å². The molecule has 1 aliphatic carbocycles. The summed E-state index contributed by atoms with van der Waals surface area (Å²) >= 11 is 0. The molecule has 2 N–H and O–H groups in total. The van der Waals surface area contributed by atoms with Gasteiger partial charge in [-0.15, -0.1) is 0 Å². The zero-order valence-electron chi connectivity index (χ0n) is 12.5. The summed E-state index contributed by atoms with van der Waals surface area (Å²) in [7, 11) is 1.68. The fourth-order valence-electron chi connectivity index (χ4n) is 2.91. The van der Waals surface area contributed by atoms with Crippen LogP contribution < -0.4 is 15.2 Å². The first kappa shape index (κ1) is 14.0. The van der Waals surface area contributed by atoms with Crippen LogP contribution in [-0.4, -0.2) is 13.2 Å². The van der Waals surface area contributed by atoms with Gasteiger partial charge in [-0.1, -0.05) is 18.2 Å². The van der Waals surface area contributed by atoms with Crippen molar-refractivity contribution in [2.75, 3.05) is 7.11 Å². The minimum atomic E-state index is -0.121. The van der Waals surface area contributed by atoms with Crippen molar-refractivity contribution in [1.29, 1.82) is 0 Å². The molecule has 2 aromatic rings. The average Bonchev–Trinajstić information content (AvgIpc) is 2.50. The van der Waals surface area contributed by atoms with Crippen LogP contribution in [-0.2, 0) is 6.42 Å². The Balaban J connectivity index is 1.82. The van der Waals surface area contributed by atoms with E-state index in [-0.39, 0.29) is 12.1 Å². The third-order valence-corrected chi connectivity index (χ3v) is 4.09. The zero-order valence-corrected chi connectivity index (χ0v) is 12.5. The van der Waals surface area contributed by atoms with Crippen LogP contribution in [0.3, 0.4) is 0 Å². The van der Waals surface area contributed by atoms with Crippen LogP contribution >= 0.6 is 0 Å². The second-order valence-electron chi connectivity index (χ2n) is 5.60. The first-order valence-electron chi connectivity index (χ1n) is 7.33. The SMILES string of the molecule is COc1ccc2c(c1)C(N)C(Oc1cccc(C)c1)CC2. The summed E-state index contributed by atoms with van der Waals surface area (Å²) in [6, 6.07) is 14.1. The van der Waals surface area contributed by atoms with Gasteiger partial charge in [0.15, 0.2) is 0 Å². The lowest BCUT2D eigenvalue weighted by Gasteiger charge is -2.31. The molecule has 2 atom stereocenters. The van der Waals surface area contributed by atoms with Gasteiger partial charge in [0.25, 0.3) is 0 Å². The summed E-state index contributed by atoms with van der Waals surface area (Å²) in [5, 5.41) is 0. The van der Waals surface area contributed by atoms with E-state index in [1.807, 2.05) is 30.3 Å². The molecule has 2 unspecified atom stereocenters. The molecule has 1 aliphatic rings. The van der Waals surface area contributed by atoms with Gasteiger partial charge in [0.2, 0.25) is 0 Å². The Hall–Kier alpha value is -2.00. The average molecular weight is 283 g/mol. The highest BCUT2D eigenvalue weighted by atomic mass is 16.5. The Kier molecular flexibility index (Phi) is 3.84. The van der Waals surface area contributed by atoms with Gasteiger partial charge >= 0.3 is 0 Å². The summed E-state index contributed by atoms with van der Waals surface area (Å²) in [5.74, 6) is 1.74. The van der Waals surface area contributed by atoms with Gasteiger partial charge < -0.3 is 15.2 Å². The molecule has 3 nitrogen and oxygen atoms in total. The lowest BCUT2D eigenvalue weighted by atomic mass is 9.86. The largest absolute Gasteiger partial charge is 0.497 e. The van der Waals surface area contributed by atoms with Crippen molar-refractivity contribution in [2.24, 2.45) is 5.73 Å². The minimum Gasteiger partial charge on any atom is -0.497 e. The first-order chi connectivity index (χ1) is 10.2. The lowest BCUT2D eigenvalue weighted by Crippen LogP contribution is -2.35. The standard InChI is InChI=1S/C18H21NO2/c1-12-4-3-5-15(10-12)21-17-9-7-13-6-8-14(20-2)11-16(13)18(17)19/h3-6,8,10-11,17-18H,7,9,19H2,1-2H3. The number of aryl methyl sites for hydroxylation is 2. The molecule has 21 heavy (non-hydrogen) atoms. The maximum Gasteiger partial charge on any atom is 0.120 e. The Morgan fingerprint density at radius 2 is 1.95 bits per heavy atom. The van der Waals surface area contributed by atoms with Gasteiger partial charge in [-0.2, -0.15) is 0 Å². The van der Waals surface area contributed by atoms with Crippen molar-refractivity contribution >= 4 is 0 Å². The molecule has 0 fully saturated rings. The van der Waals surface area contributed by atoms with Crippen molar-refractivity contribution in [3.8, 4) is 11.5 Å². The maximum absolute atomic E-state index is 6.42. The third kappa shape index (κ3) is 2.88. The van der Waals surface area contributed by atoms with Gasteiger partial charge in [0, 0.05) is 0 Å². The number of nitrogens with two attached hydrogens (primary N) is 1. The first-order valence-corrected chi connectivity index (χ1v) is 7.33. The highest BCUT2D eigenvalue weighted by molar-refractivity contribution is 5.40. The predicted octanol–water partition coefficient (Wildman–Crippen LogP) is 3.40. The van der Waals surface area contributed by atoms with E-state index >= 15 is 0 Å². The Bertz CT molecular complexity index is 639. The molecule has 2 aromatic carbocycles. The van der Waals surface area contributed by atoms with E-state index < -0.39 is 0 Å². The predicted molar refractivity (Wildman–Crippen MR) is 83.8 cm³/mol. The summed E-state index contributed by atoms with van der Waals surface area (Å²) < 4.78 is 11.4. The van der Waals surface area contributed by atoms with E-state index in [0.717, 1.165) is 29.9 Å². The second kappa shape index (κ2) is 5.78. The highest BCUT2D eigenvalue weighted by Gasteiger charge is 2.28. The maximum atomic E-state index is 6.42. The third-order valence-electron chi connectivity index (χ3n) is 4.09. The Labute approximate surface area is 125 Å². The number of hydrogen-bond acceptors (Lipinski definition) is 3. The van der Waals surface area contributed by atoms with E-state index in [2.05, 4.69) is 19.1 Å². The molecular formula is C18H21NO2. The summed E-state index contributed by atoms with van der Waals surface area (Å²) in [6.45, 7) is 2.06. The van der Waals surface area contributed by atoms with E-state index in [1.165, 1.54) is 11.1 Å². The van der Waals surface area contributed by atoms with Crippen molar-refractivity contribution < 1.29 is 9.47 Å². The van der Waals surface area contributed by atoms with Gasteiger partial charge in [-0.05, 0) is 60.7 Å². The molecular weight excluding hydrogens is 262 g/mol. The number of methoxy groups -OCH3 is 1. The smallest absolute Gasteiger partial charge is 0.120 e. The second-order valence-corrected chi connectivity index (χ2v) is 5.60. The summed E-state index contributed by atoms with van der Waals surface area (Å²) in [6.07, 6.45) is 1.93. The minimum absolute atomic E-state index is 0.00593. The summed E-state index contributed by atoms with van der Waals surface area (Å²) in [5.41, 5.74) is 10.0. The molecule has 0 amide bonds. The number of rotatable bonds is 3. The molecule has 0 heterocycles. The van der Waals surface area contributed by atoms with Crippen LogP contribution in [0.2, 0.25) is 0 Å². The molecule has 0 bridgehead atoms.